The molecule has 154 valence electrons. The molecule has 0 unspecified atom stereocenters. The first-order valence-electron chi connectivity index (χ1n) is 9.32. The van der Waals surface area contributed by atoms with Crippen molar-refractivity contribution in [2.24, 2.45) is 5.73 Å². The normalized spacial score (nSPS) is 11.4. The van der Waals surface area contributed by atoms with Gasteiger partial charge in [-0.15, -0.1) is 0 Å². The molecule has 0 heterocycles. The van der Waals surface area contributed by atoms with Crippen LogP contribution in [0, 0.1) is 0 Å². The third-order valence-corrected chi connectivity index (χ3v) is 4.36. The van der Waals surface area contributed by atoms with Crippen LogP contribution in [0.5, 0.6) is 11.5 Å². The van der Waals surface area contributed by atoms with Crippen LogP contribution < -0.4 is 16.0 Å². The van der Waals surface area contributed by atoms with Gasteiger partial charge in [-0.25, -0.2) is 5.48 Å². The molecule has 0 aliphatic heterocycles. The van der Waals surface area contributed by atoms with Gasteiger partial charge in [0.1, 0.15) is 24.1 Å². The molecule has 0 aromatic heterocycles. The van der Waals surface area contributed by atoms with E-state index in [1.807, 2.05) is 42.5 Å². The summed E-state index contributed by atoms with van der Waals surface area (Å²) in [5.74, 6) is 0.0903. The first kappa shape index (κ1) is 21.0. The summed E-state index contributed by atoms with van der Waals surface area (Å²) in [7, 11) is 0. The minimum Gasteiger partial charge on any atom is -0.460 e. The summed E-state index contributed by atoms with van der Waals surface area (Å²) in [6.45, 7) is 0.193. The fourth-order valence-corrected chi connectivity index (χ4v) is 2.74. The molecule has 3 aromatic carbocycles. The monoisotopic (exact) mass is 406 g/mol. The molecular formula is C23H22N2O5. The highest BCUT2D eigenvalue weighted by molar-refractivity contribution is 5.93. The van der Waals surface area contributed by atoms with E-state index >= 15 is 0 Å². The zero-order valence-electron chi connectivity index (χ0n) is 16.2. The van der Waals surface area contributed by atoms with Crippen molar-refractivity contribution < 1.29 is 24.3 Å². The summed E-state index contributed by atoms with van der Waals surface area (Å²) in [4.78, 5) is 23.4. The Kier molecular flexibility index (Phi) is 7.15. The Hall–Kier alpha value is -3.68. The average molecular weight is 406 g/mol. The fraction of sp³-hybridized carbons (Fsp3) is 0.130. The van der Waals surface area contributed by atoms with Crippen LogP contribution >= 0.6 is 0 Å². The minimum absolute atomic E-state index is 0.193. The van der Waals surface area contributed by atoms with Crippen molar-refractivity contribution >= 4 is 11.9 Å². The maximum atomic E-state index is 12.1. The van der Waals surface area contributed by atoms with Crippen LogP contribution in [-0.4, -0.2) is 23.1 Å². The van der Waals surface area contributed by atoms with E-state index in [0.717, 1.165) is 11.1 Å². The highest BCUT2D eigenvalue weighted by Crippen LogP contribution is 2.22. The minimum atomic E-state index is -0.759. The van der Waals surface area contributed by atoms with Gasteiger partial charge in [0.25, 0.3) is 5.91 Å². The standard InChI is InChI=1S/C23H22N2O5/c24-21(23(27)29-15-17-4-2-1-3-5-17)14-16-6-10-19(11-7-16)30-20-12-8-18(9-13-20)22(26)25-28/h1-13,21,28H,14-15,24H2,(H,25,26)/t21-/m0/s1. The van der Waals surface area contributed by atoms with Crippen LogP contribution in [0.2, 0.25) is 0 Å². The lowest BCUT2D eigenvalue weighted by Crippen LogP contribution is -2.34. The Balaban J connectivity index is 1.51. The molecule has 1 atom stereocenters. The molecule has 30 heavy (non-hydrogen) atoms. The molecule has 0 radical (unpaired) electrons. The van der Waals surface area contributed by atoms with Crippen molar-refractivity contribution in [1.82, 2.24) is 5.48 Å². The summed E-state index contributed by atoms with van der Waals surface area (Å²) >= 11 is 0. The van der Waals surface area contributed by atoms with Gasteiger partial charge in [-0.1, -0.05) is 42.5 Å². The number of esters is 1. The van der Waals surface area contributed by atoms with E-state index in [4.69, 9.17) is 20.4 Å². The number of hydroxylamine groups is 1. The first-order valence-corrected chi connectivity index (χ1v) is 9.32. The van der Waals surface area contributed by atoms with Crippen molar-refractivity contribution in [2.45, 2.75) is 19.1 Å². The van der Waals surface area contributed by atoms with Crippen LogP contribution in [0.15, 0.2) is 78.9 Å². The van der Waals surface area contributed by atoms with Gasteiger partial charge in [-0.2, -0.15) is 0 Å². The predicted octanol–water partition coefficient (Wildman–Crippen LogP) is 3.21. The maximum absolute atomic E-state index is 12.1. The second kappa shape index (κ2) is 10.2. The quantitative estimate of drug-likeness (QED) is 0.301. The third kappa shape index (κ3) is 5.91. The van der Waals surface area contributed by atoms with Gasteiger partial charge in [0.05, 0.1) is 0 Å². The van der Waals surface area contributed by atoms with Crippen LogP contribution in [-0.2, 0) is 22.6 Å². The Bertz CT molecular complexity index is 973. The number of hydrogen-bond acceptors (Lipinski definition) is 6. The molecule has 0 aliphatic carbocycles. The number of carbonyl (C=O) groups is 2. The number of carbonyl (C=O) groups excluding carboxylic acids is 2. The molecule has 7 nitrogen and oxygen atoms in total. The summed E-state index contributed by atoms with van der Waals surface area (Å²) in [5.41, 5.74) is 9.64. The zero-order valence-corrected chi connectivity index (χ0v) is 16.2. The lowest BCUT2D eigenvalue weighted by Gasteiger charge is -2.12. The fourth-order valence-electron chi connectivity index (χ4n) is 2.74. The molecule has 0 saturated heterocycles. The summed E-state index contributed by atoms with van der Waals surface area (Å²) < 4.78 is 11.0. The van der Waals surface area contributed by atoms with Crippen LogP contribution in [0.1, 0.15) is 21.5 Å². The Morgan fingerprint density at radius 2 is 1.47 bits per heavy atom. The smallest absolute Gasteiger partial charge is 0.323 e. The molecule has 0 saturated carbocycles. The van der Waals surface area contributed by atoms with Crippen molar-refractivity contribution in [1.29, 1.82) is 0 Å². The molecule has 4 N–H and O–H groups in total. The molecule has 0 bridgehead atoms. The second-order valence-electron chi connectivity index (χ2n) is 6.62. The van der Waals surface area contributed by atoms with E-state index in [9.17, 15) is 9.59 Å². The van der Waals surface area contributed by atoms with Crippen molar-refractivity contribution in [3.05, 3.63) is 95.6 Å². The molecule has 0 spiro atoms. The third-order valence-electron chi connectivity index (χ3n) is 4.36. The van der Waals surface area contributed by atoms with Gasteiger partial charge in [-0.3, -0.25) is 14.8 Å². The van der Waals surface area contributed by atoms with Gasteiger partial charge in [-0.05, 0) is 53.9 Å². The summed E-state index contributed by atoms with van der Waals surface area (Å²) in [6.07, 6.45) is 0.346. The number of rotatable bonds is 8. The number of nitrogens with two attached hydrogens (primary N) is 1. The van der Waals surface area contributed by atoms with E-state index in [0.29, 0.717) is 23.5 Å². The van der Waals surface area contributed by atoms with E-state index in [1.165, 1.54) is 12.1 Å². The van der Waals surface area contributed by atoms with Crippen molar-refractivity contribution in [3.8, 4) is 11.5 Å². The molecule has 1 amide bonds. The number of amides is 1. The topological polar surface area (TPSA) is 111 Å². The molecular weight excluding hydrogens is 384 g/mol. The molecule has 0 fully saturated rings. The highest BCUT2D eigenvalue weighted by atomic mass is 16.5. The van der Waals surface area contributed by atoms with E-state index < -0.39 is 17.9 Å². The van der Waals surface area contributed by atoms with Gasteiger partial charge in [0.2, 0.25) is 0 Å². The lowest BCUT2D eigenvalue weighted by molar-refractivity contribution is -0.146. The molecule has 0 aliphatic rings. The van der Waals surface area contributed by atoms with E-state index in [-0.39, 0.29) is 6.61 Å². The predicted molar refractivity (Wildman–Crippen MR) is 110 cm³/mol. The van der Waals surface area contributed by atoms with Gasteiger partial charge < -0.3 is 15.2 Å². The number of nitrogens with one attached hydrogen (secondary N) is 1. The zero-order chi connectivity index (χ0) is 21.3. The van der Waals surface area contributed by atoms with Crippen LogP contribution in [0.3, 0.4) is 0 Å². The van der Waals surface area contributed by atoms with Crippen LogP contribution in [0.4, 0.5) is 0 Å². The Labute approximate surface area is 174 Å². The number of ether oxygens (including phenoxy) is 2. The summed E-state index contributed by atoms with van der Waals surface area (Å²) in [6, 6.07) is 22.2. The second-order valence-corrected chi connectivity index (χ2v) is 6.62. The van der Waals surface area contributed by atoms with Gasteiger partial charge in [0, 0.05) is 5.56 Å². The first-order chi connectivity index (χ1) is 14.5. The van der Waals surface area contributed by atoms with Crippen molar-refractivity contribution in [2.75, 3.05) is 0 Å². The van der Waals surface area contributed by atoms with Crippen molar-refractivity contribution in [3.63, 3.8) is 0 Å². The molecule has 3 rings (SSSR count). The molecule has 3 aromatic rings. The number of hydrogen-bond donors (Lipinski definition) is 3. The summed E-state index contributed by atoms with van der Waals surface area (Å²) in [5, 5.41) is 8.63. The largest absolute Gasteiger partial charge is 0.460 e. The number of benzene rings is 3. The van der Waals surface area contributed by atoms with Crippen LogP contribution in [0.25, 0.3) is 0 Å². The highest BCUT2D eigenvalue weighted by Gasteiger charge is 2.16. The lowest BCUT2D eigenvalue weighted by atomic mass is 10.1. The van der Waals surface area contributed by atoms with E-state index in [1.54, 1.807) is 29.7 Å². The SMILES string of the molecule is N[C@@H](Cc1ccc(Oc2ccc(C(=O)NO)cc2)cc1)C(=O)OCc1ccccc1. The van der Waals surface area contributed by atoms with Gasteiger partial charge >= 0.3 is 5.97 Å². The molecule has 7 heteroatoms. The Morgan fingerprint density at radius 3 is 2.07 bits per heavy atom. The van der Waals surface area contributed by atoms with E-state index in [2.05, 4.69) is 0 Å². The Morgan fingerprint density at radius 1 is 0.867 bits per heavy atom. The maximum Gasteiger partial charge on any atom is 0.323 e. The van der Waals surface area contributed by atoms with Gasteiger partial charge in [0.15, 0.2) is 0 Å². The average Bonchev–Trinajstić information content (AvgIpc) is 2.79.